The van der Waals surface area contributed by atoms with E-state index in [-0.39, 0.29) is 5.41 Å². The van der Waals surface area contributed by atoms with Crippen molar-refractivity contribution in [3.8, 4) is 22.5 Å². The summed E-state index contributed by atoms with van der Waals surface area (Å²) in [5, 5.41) is 7.85. The minimum absolute atomic E-state index is 0.162. The maximum absolute atomic E-state index is 2.49. The van der Waals surface area contributed by atoms with Gasteiger partial charge in [0.25, 0.3) is 0 Å². The maximum atomic E-state index is 2.49. The Morgan fingerprint density at radius 2 is 0.875 bits per heavy atom. The lowest BCUT2D eigenvalue weighted by molar-refractivity contribution is 0.659. The topological polar surface area (TPSA) is 9.86 Å². The Kier molecular flexibility index (Phi) is 5.09. The van der Waals surface area contributed by atoms with Crippen molar-refractivity contribution >= 4 is 75.1 Å². The van der Waals surface area contributed by atoms with Crippen LogP contribution in [0.2, 0.25) is 0 Å². The third-order valence-electron chi connectivity index (χ3n) is 10.9. The number of thiophene rings is 1. The zero-order valence-corrected chi connectivity index (χ0v) is 27.5. The van der Waals surface area contributed by atoms with Gasteiger partial charge < -0.3 is 9.13 Å². The van der Waals surface area contributed by atoms with Crippen molar-refractivity contribution in [3.63, 3.8) is 0 Å². The van der Waals surface area contributed by atoms with Crippen LogP contribution in [0.4, 0.5) is 0 Å². The highest BCUT2D eigenvalue weighted by Gasteiger charge is 2.36. The van der Waals surface area contributed by atoms with Gasteiger partial charge in [0.15, 0.2) is 0 Å². The summed E-state index contributed by atoms with van der Waals surface area (Å²) in [6, 6.07) is 54.3. The van der Waals surface area contributed by atoms with E-state index in [1.54, 1.807) is 0 Å². The van der Waals surface area contributed by atoms with Gasteiger partial charge in [0.05, 0.1) is 22.1 Å². The van der Waals surface area contributed by atoms with Gasteiger partial charge in [0.2, 0.25) is 0 Å². The van der Waals surface area contributed by atoms with Crippen LogP contribution in [0.25, 0.3) is 86.3 Å². The van der Waals surface area contributed by atoms with E-state index in [9.17, 15) is 0 Å². The number of para-hydroxylation sites is 3. The largest absolute Gasteiger partial charge is 0.309 e. The molecule has 3 heteroatoms. The predicted octanol–water partition coefficient (Wildman–Crippen LogP) is 12.6. The third kappa shape index (κ3) is 3.36. The average Bonchev–Trinajstić information content (AvgIpc) is 3.82. The maximum Gasteiger partial charge on any atom is 0.0548 e. The van der Waals surface area contributed by atoms with Crippen molar-refractivity contribution in [2.24, 2.45) is 0 Å². The van der Waals surface area contributed by atoms with Crippen molar-refractivity contribution < 1.29 is 0 Å². The van der Waals surface area contributed by atoms with Gasteiger partial charge in [-0.3, -0.25) is 0 Å². The Morgan fingerprint density at radius 1 is 0.396 bits per heavy atom. The number of hydrogen-bond acceptors (Lipinski definition) is 1. The van der Waals surface area contributed by atoms with Crippen LogP contribution in [-0.4, -0.2) is 9.13 Å². The van der Waals surface area contributed by atoms with Gasteiger partial charge in [0, 0.05) is 58.5 Å². The Hall–Kier alpha value is -5.64. The van der Waals surface area contributed by atoms with E-state index in [4.69, 9.17) is 0 Å². The molecular formula is C45H30N2S. The lowest BCUT2D eigenvalue weighted by Gasteiger charge is -2.23. The molecule has 7 aromatic carbocycles. The monoisotopic (exact) mass is 630 g/mol. The second-order valence-corrected chi connectivity index (χ2v) is 14.9. The molecule has 0 fully saturated rings. The van der Waals surface area contributed by atoms with Crippen molar-refractivity contribution in [1.82, 2.24) is 9.13 Å². The second kappa shape index (κ2) is 9.25. The van der Waals surface area contributed by atoms with Crippen molar-refractivity contribution in [1.29, 1.82) is 0 Å². The van der Waals surface area contributed by atoms with Crippen molar-refractivity contribution in [3.05, 3.63) is 157 Å². The summed E-state index contributed by atoms with van der Waals surface area (Å²) in [5.41, 5.74) is 12.7. The molecule has 0 radical (unpaired) electrons. The molecule has 226 valence electrons. The van der Waals surface area contributed by atoms with Crippen molar-refractivity contribution in [2.75, 3.05) is 0 Å². The lowest BCUT2D eigenvalue weighted by atomic mass is 9.82. The first-order chi connectivity index (χ1) is 23.6. The lowest BCUT2D eigenvalue weighted by Crippen LogP contribution is -2.16. The van der Waals surface area contributed by atoms with Crippen LogP contribution in [-0.2, 0) is 5.41 Å². The first-order valence-corrected chi connectivity index (χ1v) is 17.5. The molecule has 3 heterocycles. The van der Waals surface area contributed by atoms with E-state index < -0.39 is 0 Å². The van der Waals surface area contributed by atoms with E-state index in [1.165, 1.54) is 97.4 Å². The number of nitrogens with zero attached hydrogens (tertiary/aromatic N) is 2. The molecule has 1 aliphatic rings. The highest BCUT2D eigenvalue weighted by molar-refractivity contribution is 7.25. The fraction of sp³-hybridized carbons (Fsp3) is 0.0667. The third-order valence-corrected chi connectivity index (χ3v) is 12.0. The summed E-state index contributed by atoms with van der Waals surface area (Å²) in [4.78, 5) is 0. The van der Waals surface area contributed by atoms with Gasteiger partial charge >= 0.3 is 0 Å². The fourth-order valence-corrected chi connectivity index (χ4v) is 9.78. The molecule has 0 amide bonds. The molecule has 0 unspecified atom stereocenters. The molecule has 2 nitrogen and oxygen atoms in total. The van der Waals surface area contributed by atoms with Crippen LogP contribution in [0, 0.1) is 0 Å². The van der Waals surface area contributed by atoms with Crippen LogP contribution < -0.4 is 0 Å². The Morgan fingerprint density at radius 3 is 1.46 bits per heavy atom. The molecule has 0 bridgehead atoms. The van der Waals surface area contributed by atoms with Crippen LogP contribution >= 0.6 is 11.3 Å². The molecule has 0 N–H and O–H groups in total. The fourth-order valence-electron chi connectivity index (χ4n) is 8.66. The summed E-state index contributed by atoms with van der Waals surface area (Å²) in [6.45, 7) is 4.79. The first-order valence-electron chi connectivity index (χ1n) is 16.7. The number of fused-ring (bicyclic) bond motifs is 12. The summed E-state index contributed by atoms with van der Waals surface area (Å²) in [6.07, 6.45) is 0. The molecule has 0 aliphatic heterocycles. The SMILES string of the molecule is CC1(C)c2cc(-n3c4ccccc4c4ccccc43)ccc2-c2ccc(-n3c4ccccc4c4cc5sc6ccccc6c5cc43)cc21. The average molecular weight is 631 g/mol. The number of rotatable bonds is 2. The summed E-state index contributed by atoms with van der Waals surface area (Å²) < 4.78 is 7.60. The van der Waals surface area contributed by atoms with Crippen LogP contribution in [0.1, 0.15) is 25.0 Å². The highest BCUT2D eigenvalue weighted by atomic mass is 32.1. The molecule has 0 spiro atoms. The Balaban J connectivity index is 1.12. The van der Waals surface area contributed by atoms with Crippen molar-refractivity contribution in [2.45, 2.75) is 19.3 Å². The molecule has 11 rings (SSSR count). The summed E-state index contributed by atoms with van der Waals surface area (Å²) in [5.74, 6) is 0. The minimum atomic E-state index is -0.162. The number of aromatic nitrogens is 2. The summed E-state index contributed by atoms with van der Waals surface area (Å²) in [7, 11) is 0. The standard InChI is InChI=1S/C45H30N2S/c1-45(2)37-23-27(46-39-15-7-3-11-31(39)32-12-4-8-16-40(32)46)19-21-29(37)30-22-20-28(24-38(30)45)47-41-17-9-5-13-33(41)35-26-44-36(25-42(35)47)34-14-6-10-18-43(34)48-44/h3-26H,1-2H3. The first kappa shape index (κ1) is 26.4. The quantitative estimate of drug-likeness (QED) is 0.180. The second-order valence-electron chi connectivity index (χ2n) is 13.8. The molecular weight excluding hydrogens is 601 g/mol. The van der Waals surface area contributed by atoms with Gasteiger partial charge in [-0.25, -0.2) is 0 Å². The highest BCUT2D eigenvalue weighted by Crippen LogP contribution is 2.51. The molecule has 1 aliphatic carbocycles. The molecule has 0 saturated carbocycles. The van der Waals surface area contributed by atoms with Gasteiger partial charge in [-0.05, 0) is 82.9 Å². The van der Waals surface area contributed by atoms with E-state index in [0.29, 0.717) is 0 Å². The normalized spacial score (nSPS) is 13.8. The van der Waals surface area contributed by atoms with Gasteiger partial charge in [-0.15, -0.1) is 11.3 Å². The van der Waals surface area contributed by atoms with Gasteiger partial charge in [-0.2, -0.15) is 0 Å². The zero-order valence-electron chi connectivity index (χ0n) is 26.7. The van der Waals surface area contributed by atoms with Crippen LogP contribution in [0.5, 0.6) is 0 Å². The van der Waals surface area contributed by atoms with E-state index in [2.05, 4.69) is 169 Å². The molecule has 10 aromatic rings. The smallest absolute Gasteiger partial charge is 0.0548 e. The van der Waals surface area contributed by atoms with Crippen LogP contribution in [0.3, 0.4) is 0 Å². The predicted molar refractivity (Wildman–Crippen MR) is 206 cm³/mol. The van der Waals surface area contributed by atoms with Gasteiger partial charge in [-0.1, -0.05) is 98.8 Å². The molecule has 3 aromatic heterocycles. The van der Waals surface area contributed by atoms with E-state index >= 15 is 0 Å². The van der Waals surface area contributed by atoms with E-state index in [1.807, 2.05) is 11.3 Å². The Labute approximate surface area is 281 Å². The molecule has 0 saturated heterocycles. The molecule has 0 atom stereocenters. The Bertz CT molecular complexity index is 2930. The summed E-state index contributed by atoms with van der Waals surface area (Å²) >= 11 is 1.89. The number of hydrogen-bond donors (Lipinski definition) is 0. The molecule has 48 heavy (non-hydrogen) atoms. The van der Waals surface area contributed by atoms with Crippen LogP contribution in [0.15, 0.2) is 146 Å². The number of benzene rings is 7. The van der Waals surface area contributed by atoms with Gasteiger partial charge in [0.1, 0.15) is 0 Å². The zero-order chi connectivity index (χ0) is 31.7. The minimum Gasteiger partial charge on any atom is -0.309 e. The van der Waals surface area contributed by atoms with E-state index in [0.717, 1.165) is 0 Å².